The molecule has 166 valence electrons. The number of aryl methyl sites for hydroxylation is 2. The largest absolute Gasteiger partial charge is 0.353 e. The van der Waals surface area contributed by atoms with Crippen molar-refractivity contribution in [3.05, 3.63) is 58.4 Å². The van der Waals surface area contributed by atoms with E-state index in [1.165, 1.54) is 25.3 Å². The van der Waals surface area contributed by atoms with Gasteiger partial charge in [0, 0.05) is 47.6 Å². The van der Waals surface area contributed by atoms with Gasteiger partial charge in [0.05, 0.1) is 6.42 Å². The second-order valence-electron chi connectivity index (χ2n) is 9.12. The lowest BCUT2D eigenvalue weighted by Crippen LogP contribution is -2.37. The van der Waals surface area contributed by atoms with Gasteiger partial charge in [-0.25, -0.2) is 14.4 Å². The summed E-state index contributed by atoms with van der Waals surface area (Å²) in [4.78, 5) is 24.4. The van der Waals surface area contributed by atoms with Crippen molar-refractivity contribution in [2.45, 2.75) is 77.3 Å². The van der Waals surface area contributed by atoms with Crippen molar-refractivity contribution in [1.29, 1.82) is 0 Å². The molecule has 6 heteroatoms. The monoisotopic (exact) mass is 424 g/mol. The maximum absolute atomic E-state index is 14.0. The molecule has 0 spiro atoms. The summed E-state index contributed by atoms with van der Waals surface area (Å²) >= 11 is 0. The molecule has 1 N–H and O–H groups in total. The Morgan fingerprint density at radius 2 is 1.81 bits per heavy atom. The summed E-state index contributed by atoms with van der Waals surface area (Å²) in [5.41, 5.74) is 3.47. The maximum Gasteiger partial charge on any atom is 0.224 e. The van der Waals surface area contributed by atoms with Crippen LogP contribution in [0.4, 0.5) is 4.39 Å². The first kappa shape index (κ1) is 21.9. The lowest BCUT2D eigenvalue weighted by atomic mass is 9.95. The molecule has 5 nitrogen and oxygen atoms in total. The first-order valence-corrected chi connectivity index (χ1v) is 11.6. The van der Waals surface area contributed by atoms with E-state index in [1.54, 1.807) is 6.07 Å². The van der Waals surface area contributed by atoms with Crippen molar-refractivity contribution in [2.75, 3.05) is 13.1 Å². The third kappa shape index (κ3) is 5.48. The van der Waals surface area contributed by atoms with E-state index in [2.05, 4.69) is 10.2 Å². The predicted molar refractivity (Wildman–Crippen MR) is 119 cm³/mol. The molecule has 0 radical (unpaired) electrons. The number of nitrogens with zero attached hydrogens (tertiary/aromatic N) is 3. The lowest BCUT2D eigenvalue weighted by molar-refractivity contribution is -0.121. The number of amides is 1. The summed E-state index contributed by atoms with van der Waals surface area (Å²) < 4.78 is 14.0. The molecular formula is C25H33FN4O. The molecule has 1 aliphatic carbocycles. The Kier molecular flexibility index (Phi) is 6.96. The Bertz CT molecular complexity index is 902. The number of rotatable bonds is 6. The summed E-state index contributed by atoms with van der Waals surface area (Å²) in [6, 6.07) is 7.29. The SMILES string of the molecule is Cc1nc(C2CCN(Cc3ccccc3F)C2)nc(C)c1CC(=O)NC1CCCCC1. The summed E-state index contributed by atoms with van der Waals surface area (Å²) in [5.74, 6) is 1.02. The van der Waals surface area contributed by atoms with Crippen molar-refractivity contribution in [1.82, 2.24) is 20.2 Å². The first-order valence-electron chi connectivity index (χ1n) is 11.6. The van der Waals surface area contributed by atoms with Crippen LogP contribution in [0.3, 0.4) is 0 Å². The van der Waals surface area contributed by atoms with E-state index in [0.29, 0.717) is 19.0 Å². The zero-order valence-electron chi connectivity index (χ0n) is 18.7. The minimum absolute atomic E-state index is 0.0754. The van der Waals surface area contributed by atoms with Crippen LogP contribution >= 0.6 is 0 Å². The van der Waals surface area contributed by atoms with Gasteiger partial charge < -0.3 is 5.32 Å². The highest BCUT2D eigenvalue weighted by atomic mass is 19.1. The number of carbonyl (C=O) groups is 1. The van der Waals surface area contributed by atoms with Gasteiger partial charge >= 0.3 is 0 Å². The standard InChI is InChI=1S/C25H33FN4O/c1-17-22(14-24(31)29-21-9-4-3-5-10-21)18(2)28-25(27-17)20-12-13-30(16-20)15-19-8-6-7-11-23(19)26/h6-8,11,20-21H,3-5,9-10,12-16H2,1-2H3,(H,29,31). The molecule has 1 unspecified atom stereocenters. The normalized spacial score (nSPS) is 20.2. The molecule has 31 heavy (non-hydrogen) atoms. The Morgan fingerprint density at radius 3 is 2.52 bits per heavy atom. The number of nitrogens with one attached hydrogen (secondary N) is 1. The minimum Gasteiger partial charge on any atom is -0.353 e. The van der Waals surface area contributed by atoms with Crippen LogP contribution in [0.15, 0.2) is 24.3 Å². The Hall–Kier alpha value is -2.34. The molecule has 4 rings (SSSR count). The molecule has 2 heterocycles. The van der Waals surface area contributed by atoms with Gasteiger partial charge in [-0.1, -0.05) is 37.5 Å². The quantitative estimate of drug-likeness (QED) is 0.755. The molecule has 2 aliphatic rings. The van der Waals surface area contributed by atoms with E-state index in [-0.39, 0.29) is 17.6 Å². The van der Waals surface area contributed by atoms with E-state index in [0.717, 1.165) is 60.7 Å². The third-order valence-electron chi connectivity index (χ3n) is 6.73. The summed E-state index contributed by atoms with van der Waals surface area (Å²) in [7, 11) is 0. The molecule has 1 amide bonds. The maximum atomic E-state index is 14.0. The Balaban J connectivity index is 1.38. The number of carbonyl (C=O) groups excluding carboxylic acids is 1. The number of aromatic nitrogens is 2. The number of benzene rings is 1. The Labute approximate surface area is 184 Å². The van der Waals surface area contributed by atoms with E-state index in [4.69, 9.17) is 9.97 Å². The summed E-state index contributed by atoms with van der Waals surface area (Å²) in [5, 5.41) is 3.19. The first-order chi connectivity index (χ1) is 15.0. The van der Waals surface area contributed by atoms with E-state index in [1.807, 2.05) is 26.0 Å². The van der Waals surface area contributed by atoms with Crippen molar-refractivity contribution in [2.24, 2.45) is 0 Å². The predicted octanol–water partition coefficient (Wildman–Crippen LogP) is 4.21. The molecule has 1 atom stereocenters. The number of hydrogen-bond acceptors (Lipinski definition) is 4. The molecule has 1 aromatic heterocycles. The van der Waals surface area contributed by atoms with Crippen molar-refractivity contribution < 1.29 is 9.18 Å². The third-order valence-corrected chi connectivity index (χ3v) is 6.73. The average molecular weight is 425 g/mol. The fourth-order valence-electron chi connectivity index (χ4n) is 4.94. The van der Waals surface area contributed by atoms with Gasteiger partial charge in [0.2, 0.25) is 5.91 Å². The van der Waals surface area contributed by atoms with Crippen LogP contribution in [-0.4, -0.2) is 39.9 Å². The van der Waals surface area contributed by atoms with Crippen LogP contribution in [0.5, 0.6) is 0 Å². The second-order valence-corrected chi connectivity index (χ2v) is 9.12. The average Bonchev–Trinajstić information content (AvgIpc) is 3.22. The highest BCUT2D eigenvalue weighted by molar-refractivity contribution is 5.79. The van der Waals surface area contributed by atoms with E-state index >= 15 is 0 Å². The molecule has 1 aliphatic heterocycles. The molecule has 1 saturated carbocycles. The number of hydrogen-bond donors (Lipinski definition) is 1. The van der Waals surface area contributed by atoms with E-state index < -0.39 is 0 Å². The van der Waals surface area contributed by atoms with Gasteiger partial charge in [-0.3, -0.25) is 9.69 Å². The van der Waals surface area contributed by atoms with Crippen LogP contribution < -0.4 is 5.32 Å². The zero-order valence-corrected chi connectivity index (χ0v) is 18.7. The molecule has 0 bridgehead atoms. The lowest BCUT2D eigenvalue weighted by Gasteiger charge is -2.23. The van der Waals surface area contributed by atoms with Crippen LogP contribution in [0, 0.1) is 19.7 Å². The van der Waals surface area contributed by atoms with Gasteiger partial charge in [0.25, 0.3) is 0 Å². The van der Waals surface area contributed by atoms with Gasteiger partial charge in [0.1, 0.15) is 11.6 Å². The number of likely N-dealkylation sites (tertiary alicyclic amines) is 1. The summed E-state index contributed by atoms with van der Waals surface area (Å²) in [6.07, 6.45) is 7.17. The van der Waals surface area contributed by atoms with Crippen LogP contribution in [-0.2, 0) is 17.8 Å². The minimum atomic E-state index is -0.148. The molecule has 2 fully saturated rings. The molecular weight excluding hydrogens is 391 g/mol. The topological polar surface area (TPSA) is 58.1 Å². The second kappa shape index (κ2) is 9.86. The number of halogens is 1. The molecule has 1 saturated heterocycles. The van der Waals surface area contributed by atoms with Gasteiger partial charge in [-0.2, -0.15) is 0 Å². The Morgan fingerprint density at radius 1 is 1.10 bits per heavy atom. The van der Waals surface area contributed by atoms with Crippen LogP contribution in [0.25, 0.3) is 0 Å². The van der Waals surface area contributed by atoms with Crippen LogP contribution in [0.1, 0.15) is 72.8 Å². The van der Waals surface area contributed by atoms with Gasteiger partial charge in [0.15, 0.2) is 0 Å². The molecule has 1 aromatic carbocycles. The fourth-order valence-corrected chi connectivity index (χ4v) is 4.94. The van der Waals surface area contributed by atoms with Crippen LogP contribution in [0.2, 0.25) is 0 Å². The van der Waals surface area contributed by atoms with Crippen molar-refractivity contribution >= 4 is 5.91 Å². The highest BCUT2D eigenvalue weighted by Gasteiger charge is 2.28. The zero-order chi connectivity index (χ0) is 21.8. The van der Waals surface area contributed by atoms with Gasteiger partial charge in [-0.05, 0) is 45.7 Å². The van der Waals surface area contributed by atoms with Crippen molar-refractivity contribution in [3.8, 4) is 0 Å². The van der Waals surface area contributed by atoms with Crippen molar-refractivity contribution in [3.63, 3.8) is 0 Å². The van der Waals surface area contributed by atoms with E-state index in [9.17, 15) is 9.18 Å². The molecule has 2 aromatic rings. The van der Waals surface area contributed by atoms with Gasteiger partial charge in [-0.15, -0.1) is 0 Å². The fraction of sp³-hybridized carbons (Fsp3) is 0.560. The summed E-state index contributed by atoms with van der Waals surface area (Å²) in [6.45, 7) is 6.31. The highest BCUT2D eigenvalue weighted by Crippen LogP contribution is 2.28. The smallest absolute Gasteiger partial charge is 0.224 e.